The van der Waals surface area contributed by atoms with Gasteiger partial charge in [-0.2, -0.15) is 5.10 Å². The second-order valence-corrected chi connectivity index (χ2v) is 4.77. The summed E-state index contributed by atoms with van der Waals surface area (Å²) in [6.45, 7) is 6.45. The number of likely N-dealkylation sites (N-methyl/N-ethyl adjacent to an activating group) is 1. The Balaban J connectivity index is 1.85. The fourth-order valence-corrected chi connectivity index (χ4v) is 2.36. The van der Waals surface area contributed by atoms with Crippen LogP contribution in [0.1, 0.15) is 32.0 Å². The molecule has 0 aromatic carbocycles. The summed E-state index contributed by atoms with van der Waals surface area (Å²) in [5.41, 5.74) is 0. The van der Waals surface area contributed by atoms with Crippen LogP contribution in [0.25, 0.3) is 0 Å². The van der Waals surface area contributed by atoms with Gasteiger partial charge in [-0.15, -0.1) is 0 Å². The second kappa shape index (κ2) is 6.12. The monoisotopic (exact) mass is 237 g/mol. The molecule has 1 aliphatic heterocycles. The molecular formula is C12H23N5. The highest BCUT2D eigenvalue weighted by Crippen LogP contribution is 2.09. The lowest BCUT2D eigenvalue weighted by molar-refractivity contribution is 0.219. The predicted octanol–water partition coefficient (Wildman–Crippen LogP) is 0.779. The molecule has 96 valence electrons. The molecule has 5 heteroatoms. The molecule has 0 radical (unpaired) electrons. The van der Waals surface area contributed by atoms with Gasteiger partial charge in [-0.25, -0.2) is 4.98 Å². The quantitative estimate of drug-likeness (QED) is 0.822. The van der Waals surface area contributed by atoms with Crippen molar-refractivity contribution in [1.82, 2.24) is 25.0 Å². The maximum Gasteiger partial charge on any atom is 0.140 e. The largest absolute Gasteiger partial charge is 0.313 e. The van der Waals surface area contributed by atoms with Crippen molar-refractivity contribution in [2.45, 2.75) is 38.8 Å². The van der Waals surface area contributed by atoms with E-state index in [4.69, 9.17) is 0 Å². The van der Waals surface area contributed by atoms with Gasteiger partial charge in [0.1, 0.15) is 12.2 Å². The van der Waals surface area contributed by atoms with Gasteiger partial charge in [0.2, 0.25) is 0 Å². The predicted molar refractivity (Wildman–Crippen MR) is 67.6 cm³/mol. The molecule has 0 amide bonds. The third-order valence-electron chi connectivity index (χ3n) is 3.51. The topological polar surface area (TPSA) is 46.0 Å². The summed E-state index contributed by atoms with van der Waals surface area (Å²) in [7, 11) is 1.95. The van der Waals surface area contributed by atoms with Gasteiger partial charge in [0.25, 0.3) is 0 Å². The molecule has 5 nitrogen and oxygen atoms in total. The van der Waals surface area contributed by atoms with Crippen LogP contribution in [0, 0.1) is 0 Å². The highest BCUT2D eigenvalue weighted by molar-refractivity contribution is 4.85. The van der Waals surface area contributed by atoms with E-state index in [1.807, 2.05) is 11.7 Å². The van der Waals surface area contributed by atoms with Crippen molar-refractivity contribution < 1.29 is 0 Å². The Morgan fingerprint density at radius 1 is 1.53 bits per heavy atom. The average Bonchev–Trinajstić information content (AvgIpc) is 2.75. The van der Waals surface area contributed by atoms with Crippen LogP contribution in [0.15, 0.2) is 6.33 Å². The SMILES string of the molecule is CCN(Cc1ncnn1C)CC1CCCCN1. The van der Waals surface area contributed by atoms with Crippen molar-refractivity contribution in [3.63, 3.8) is 0 Å². The molecule has 1 fully saturated rings. The molecule has 1 unspecified atom stereocenters. The summed E-state index contributed by atoms with van der Waals surface area (Å²) >= 11 is 0. The van der Waals surface area contributed by atoms with Gasteiger partial charge in [-0.05, 0) is 25.9 Å². The maximum atomic E-state index is 4.29. The van der Waals surface area contributed by atoms with E-state index in [0.29, 0.717) is 6.04 Å². The van der Waals surface area contributed by atoms with E-state index < -0.39 is 0 Å². The molecule has 1 aromatic rings. The lowest BCUT2D eigenvalue weighted by Crippen LogP contribution is -2.43. The van der Waals surface area contributed by atoms with Crippen molar-refractivity contribution in [3.05, 3.63) is 12.2 Å². The molecule has 2 rings (SSSR count). The summed E-state index contributed by atoms with van der Waals surface area (Å²) < 4.78 is 1.86. The number of nitrogens with zero attached hydrogens (tertiary/aromatic N) is 4. The van der Waals surface area contributed by atoms with E-state index in [9.17, 15) is 0 Å². The van der Waals surface area contributed by atoms with Gasteiger partial charge < -0.3 is 5.32 Å². The summed E-state index contributed by atoms with van der Waals surface area (Å²) in [5, 5.41) is 7.71. The number of hydrogen-bond acceptors (Lipinski definition) is 4. The molecule has 1 saturated heterocycles. The van der Waals surface area contributed by atoms with Crippen LogP contribution in [0.2, 0.25) is 0 Å². The minimum atomic E-state index is 0.650. The molecule has 1 N–H and O–H groups in total. The molecule has 17 heavy (non-hydrogen) atoms. The number of aromatic nitrogens is 3. The Bertz CT molecular complexity index is 329. The van der Waals surface area contributed by atoms with Gasteiger partial charge in [0.05, 0.1) is 6.54 Å². The molecule has 1 aromatic heterocycles. The zero-order valence-electron chi connectivity index (χ0n) is 10.9. The van der Waals surface area contributed by atoms with Crippen LogP contribution in [-0.4, -0.2) is 45.3 Å². The molecule has 1 atom stereocenters. The van der Waals surface area contributed by atoms with Crippen LogP contribution in [-0.2, 0) is 13.6 Å². The van der Waals surface area contributed by atoms with Crippen LogP contribution >= 0.6 is 0 Å². The van der Waals surface area contributed by atoms with Gasteiger partial charge in [-0.3, -0.25) is 9.58 Å². The van der Waals surface area contributed by atoms with E-state index in [1.165, 1.54) is 25.8 Å². The molecule has 0 spiro atoms. The number of aryl methyl sites for hydroxylation is 1. The Morgan fingerprint density at radius 2 is 2.41 bits per heavy atom. The first kappa shape index (κ1) is 12.5. The normalized spacial score (nSPS) is 21.0. The summed E-state index contributed by atoms with van der Waals surface area (Å²) in [6.07, 6.45) is 5.61. The number of hydrogen-bond donors (Lipinski definition) is 1. The Labute approximate surface area is 103 Å². The lowest BCUT2D eigenvalue weighted by atomic mass is 10.0. The lowest BCUT2D eigenvalue weighted by Gasteiger charge is -2.29. The van der Waals surface area contributed by atoms with Crippen molar-refractivity contribution in [2.75, 3.05) is 19.6 Å². The third kappa shape index (κ3) is 3.51. The third-order valence-corrected chi connectivity index (χ3v) is 3.51. The first-order chi connectivity index (χ1) is 8.29. The van der Waals surface area contributed by atoms with E-state index >= 15 is 0 Å². The first-order valence-electron chi connectivity index (χ1n) is 6.58. The van der Waals surface area contributed by atoms with Crippen molar-refractivity contribution in [1.29, 1.82) is 0 Å². The van der Waals surface area contributed by atoms with Crippen LogP contribution in [0.5, 0.6) is 0 Å². The number of piperidine rings is 1. The Kier molecular flexibility index (Phi) is 4.50. The molecule has 2 heterocycles. The Morgan fingerprint density at radius 3 is 3.00 bits per heavy atom. The smallest absolute Gasteiger partial charge is 0.140 e. The van der Waals surface area contributed by atoms with Gasteiger partial charge in [-0.1, -0.05) is 13.3 Å². The van der Waals surface area contributed by atoms with Crippen molar-refractivity contribution >= 4 is 0 Å². The van der Waals surface area contributed by atoms with Gasteiger partial charge in [0, 0.05) is 19.6 Å². The second-order valence-electron chi connectivity index (χ2n) is 4.77. The fourth-order valence-electron chi connectivity index (χ4n) is 2.36. The molecule has 0 bridgehead atoms. The van der Waals surface area contributed by atoms with Crippen molar-refractivity contribution in [2.24, 2.45) is 7.05 Å². The molecule has 0 saturated carbocycles. The molecular weight excluding hydrogens is 214 g/mol. The highest BCUT2D eigenvalue weighted by atomic mass is 15.3. The standard InChI is InChI=1S/C12H23N5/c1-3-17(8-11-6-4-5-7-13-11)9-12-14-10-15-16(12)2/h10-11,13H,3-9H2,1-2H3. The highest BCUT2D eigenvalue weighted by Gasteiger charge is 2.16. The first-order valence-corrected chi connectivity index (χ1v) is 6.58. The van der Waals surface area contributed by atoms with E-state index in [-0.39, 0.29) is 0 Å². The summed E-state index contributed by atoms with van der Waals surface area (Å²) in [4.78, 5) is 6.72. The maximum absolute atomic E-state index is 4.29. The molecule has 0 aliphatic carbocycles. The minimum Gasteiger partial charge on any atom is -0.313 e. The fraction of sp³-hybridized carbons (Fsp3) is 0.833. The van der Waals surface area contributed by atoms with Crippen LogP contribution in [0.4, 0.5) is 0 Å². The Hall–Kier alpha value is -0.940. The van der Waals surface area contributed by atoms with E-state index in [2.05, 4.69) is 27.2 Å². The van der Waals surface area contributed by atoms with Gasteiger partial charge in [0.15, 0.2) is 0 Å². The minimum absolute atomic E-state index is 0.650. The molecule has 1 aliphatic rings. The summed E-state index contributed by atoms with van der Waals surface area (Å²) in [6, 6.07) is 0.650. The zero-order valence-corrected chi connectivity index (χ0v) is 10.9. The van der Waals surface area contributed by atoms with E-state index in [0.717, 1.165) is 25.5 Å². The van der Waals surface area contributed by atoms with Crippen LogP contribution < -0.4 is 5.32 Å². The average molecular weight is 237 g/mol. The van der Waals surface area contributed by atoms with E-state index in [1.54, 1.807) is 6.33 Å². The van der Waals surface area contributed by atoms with Crippen LogP contribution in [0.3, 0.4) is 0 Å². The van der Waals surface area contributed by atoms with Crippen molar-refractivity contribution in [3.8, 4) is 0 Å². The number of nitrogens with one attached hydrogen (secondary N) is 1. The van der Waals surface area contributed by atoms with Gasteiger partial charge >= 0.3 is 0 Å². The zero-order chi connectivity index (χ0) is 12.1. The number of rotatable bonds is 5. The summed E-state index contributed by atoms with van der Waals surface area (Å²) in [5.74, 6) is 1.04.